The number of carboxylic acid groups (broad SMARTS) is 1. The summed E-state index contributed by atoms with van der Waals surface area (Å²) in [5.41, 5.74) is 1.83. The van der Waals surface area contributed by atoms with Crippen molar-refractivity contribution in [1.29, 1.82) is 0 Å². The quantitative estimate of drug-likeness (QED) is 0.939. The lowest BCUT2D eigenvalue weighted by atomic mass is 10.1. The minimum absolute atomic E-state index is 0.00135. The van der Waals surface area contributed by atoms with Gasteiger partial charge in [0.1, 0.15) is 5.58 Å². The van der Waals surface area contributed by atoms with Gasteiger partial charge in [0, 0.05) is 25.0 Å². The van der Waals surface area contributed by atoms with E-state index in [4.69, 9.17) is 9.52 Å². The third kappa shape index (κ3) is 3.25. The number of aromatic carboxylic acids is 1. The van der Waals surface area contributed by atoms with Crippen LogP contribution in [-0.2, 0) is 6.54 Å². The molecule has 1 aliphatic heterocycles. The van der Waals surface area contributed by atoms with Crippen LogP contribution in [0.1, 0.15) is 22.5 Å². The fourth-order valence-corrected chi connectivity index (χ4v) is 2.81. The molecule has 0 amide bonds. The highest BCUT2D eigenvalue weighted by Crippen LogP contribution is 2.22. The number of furan rings is 1. The number of likely N-dealkylation sites (N-methyl/N-ethyl adjacent to an activating group) is 1. The largest absolute Gasteiger partial charge is 0.475 e. The molecular weight excluding hydrogens is 268 g/mol. The summed E-state index contributed by atoms with van der Waals surface area (Å²) in [5.74, 6) is -1.03. The summed E-state index contributed by atoms with van der Waals surface area (Å²) in [6.07, 6.45) is 1.19. The summed E-state index contributed by atoms with van der Waals surface area (Å²) in [5, 5.41) is 9.82. The molecule has 0 spiro atoms. The molecule has 5 heteroatoms. The number of carboxylic acids is 1. The van der Waals surface area contributed by atoms with E-state index < -0.39 is 5.97 Å². The van der Waals surface area contributed by atoms with Crippen LogP contribution in [0.2, 0.25) is 0 Å². The Morgan fingerprint density at radius 1 is 1.24 bits per heavy atom. The van der Waals surface area contributed by atoms with E-state index in [1.54, 1.807) is 6.07 Å². The molecule has 3 rings (SSSR count). The second kappa shape index (κ2) is 5.87. The Labute approximate surface area is 123 Å². The van der Waals surface area contributed by atoms with Crippen molar-refractivity contribution < 1.29 is 14.3 Å². The van der Waals surface area contributed by atoms with E-state index in [2.05, 4.69) is 16.8 Å². The van der Waals surface area contributed by atoms with Crippen LogP contribution in [0.3, 0.4) is 0 Å². The van der Waals surface area contributed by atoms with Crippen LogP contribution < -0.4 is 0 Å². The first-order valence-corrected chi connectivity index (χ1v) is 7.28. The van der Waals surface area contributed by atoms with Crippen molar-refractivity contribution in [1.82, 2.24) is 9.80 Å². The predicted molar refractivity (Wildman–Crippen MR) is 80.6 cm³/mol. The van der Waals surface area contributed by atoms with Crippen molar-refractivity contribution in [3.05, 3.63) is 35.6 Å². The molecule has 0 saturated carbocycles. The SMILES string of the molecule is CN1CCCN(Cc2ccc3oc(C(=O)O)cc3c2)CC1. The Morgan fingerprint density at radius 2 is 2.10 bits per heavy atom. The molecule has 0 unspecified atom stereocenters. The van der Waals surface area contributed by atoms with E-state index in [-0.39, 0.29) is 5.76 Å². The van der Waals surface area contributed by atoms with Crippen LogP contribution in [0.15, 0.2) is 28.7 Å². The van der Waals surface area contributed by atoms with Crippen LogP contribution in [0.4, 0.5) is 0 Å². The standard InChI is InChI=1S/C16H20N2O3/c1-17-5-2-6-18(8-7-17)11-12-3-4-14-13(9-12)10-15(21-14)16(19)20/h3-4,9-10H,2,5-8,11H2,1H3,(H,19,20). The van der Waals surface area contributed by atoms with Crippen LogP contribution in [-0.4, -0.2) is 54.1 Å². The molecule has 1 fully saturated rings. The van der Waals surface area contributed by atoms with Crippen LogP contribution in [0.5, 0.6) is 0 Å². The zero-order valence-electron chi connectivity index (χ0n) is 12.2. The van der Waals surface area contributed by atoms with Gasteiger partial charge in [0.2, 0.25) is 5.76 Å². The molecule has 1 N–H and O–H groups in total. The zero-order chi connectivity index (χ0) is 14.8. The highest BCUT2D eigenvalue weighted by molar-refractivity contribution is 5.91. The number of nitrogens with zero attached hydrogens (tertiary/aromatic N) is 2. The molecule has 112 valence electrons. The van der Waals surface area contributed by atoms with Gasteiger partial charge in [0.25, 0.3) is 0 Å². The minimum Gasteiger partial charge on any atom is -0.475 e. The van der Waals surface area contributed by atoms with Crippen LogP contribution in [0.25, 0.3) is 11.0 Å². The van der Waals surface area contributed by atoms with E-state index in [1.165, 1.54) is 12.0 Å². The summed E-state index contributed by atoms with van der Waals surface area (Å²) < 4.78 is 5.29. The van der Waals surface area contributed by atoms with E-state index in [1.807, 2.05) is 18.2 Å². The fourth-order valence-electron chi connectivity index (χ4n) is 2.81. The van der Waals surface area contributed by atoms with Crippen molar-refractivity contribution in [3.63, 3.8) is 0 Å². The molecule has 0 bridgehead atoms. The van der Waals surface area contributed by atoms with Gasteiger partial charge < -0.3 is 14.4 Å². The number of hydrogen-bond acceptors (Lipinski definition) is 4. The molecule has 1 aliphatic rings. The van der Waals surface area contributed by atoms with Gasteiger partial charge in [-0.15, -0.1) is 0 Å². The van der Waals surface area contributed by atoms with Crippen LogP contribution in [0, 0.1) is 0 Å². The first-order valence-electron chi connectivity index (χ1n) is 7.28. The summed E-state index contributed by atoms with van der Waals surface area (Å²) in [7, 11) is 2.16. The summed E-state index contributed by atoms with van der Waals surface area (Å²) in [4.78, 5) is 15.7. The van der Waals surface area contributed by atoms with E-state index in [9.17, 15) is 4.79 Å². The maximum absolute atomic E-state index is 10.9. The number of benzene rings is 1. The highest BCUT2D eigenvalue weighted by atomic mass is 16.4. The Kier molecular flexibility index (Phi) is 3.94. The monoisotopic (exact) mass is 288 g/mol. The number of carbonyl (C=O) groups is 1. The van der Waals surface area contributed by atoms with Gasteiger partial charge >= 0.3 is 5.97 Å². The molecule has 21 heavy (non-hydrogen) atoms. The molecule has 1 aromatic carbocycles. The normalized spacial score (nSPS) is 18.0. The van der Waals surface area contributed by atoms with Crippen molar-refractivity contribution in [2.75, 3.05) is 33.2 Å². The van der Waals surface area contributed by atoms with Gasteiger partial charge in [-0.1, -0.05) is 6.07 Å². The average Bonchev–Trinajstić information content (AvgIpc) is 2.77. The highest BCUT2D eigenvalue weighted by Gasteiger charge is 2.14. The smallest absolute Gasteiger partial charge is 0.371 e. The number of hydrogen-bond donors (Lipinski definition) is 1. The van der Waals surface area contributed by atoms with E-state index in [0.717, 1.165) is 38.1 Å². The maximum Gasteiger partial charge on any atom is 0.371 e. The second-order valence-corrected chi connectivity index (χ2v) is 5.72. The molecule has 2 aromatic rings. The van der Waals surface area contributed by atoms with Crippen molar-refractivity contribution >= 4 is 16.9 Å². The molecular formula is C16H20N2O3. The molecule has 5 nitrogen and oxygen atoms in total. The van der Waals surface area contributed by atoms with E-state index >= 15 is 0 Å². The van der Waals surface area contributed by atoms with Gasteiger partial charge in [0.15, 0.2) is 0 Å². The fraction of sp³-hybridized carbons (Fsp3) is 0.438. The molecule has 0 radical (unpaired) electrons. The third-order valence-electron chi connectivity index (χ3n) is 4.01. The predicted octanol–water partition coefficient (Wildman–Crippen LogP) is 2.27. The van der Waals surface area contributed by atoms with Gasteiger partial charge in [-0.25, -0.2) is 4.79 Å². The average molecular weight is 288 g/mol. The first-order chi connectivity index (χ1) is 10.1. The lowest BCUT2D eigenvalue weighted by molar-refractivity contribution is 0.0665. The molecule has 0 atom stereocenters. The number of fused-ring (bicyclic) bond motifs is 1. The topological polar surface area (TPSA) is 56.9 Å². The minimum atomic E-state index is -1.02. The Morgan fingerprint density at radius 3 is 2.90 bits per heavy atom. The summed E-state index contributed by atoms with van der Waals surface area (Å²) in [6.45, 7) is 5.32. The Balaban J connectivity index is 1.76. The summed E-state index contributed by atoms with van der Waals surface area (Å²) >= 11 is 0. The van der Waals surface area contributed by atoms with Gasteiger partial charge in [-0.3, -0.25) is 4.90 Å². The zero-order valence-corrected chi connectivity index (χ0v) is 12.2. The first kappa shape index (κ1) is 14.1. The molecule has 1 saturated heterocycles. The van der Waals surface area contributed by atoms with E-state index in [0.29, 0.717) is 5.58 Å². The molecule has 2 heterocycles. The number of rotatable bonds is 3. The van der Waals surface area contributed by atoms with Crippen LogP contribution >= 0.6 is 0 Å². The third-order valence-corrected chi connectivity index (χ3v) is 4.01. The Bertz CT molecular complexity index is 650. The van der Waals surface area contributed by atoms with Crippen molar-refractivity contribution in [2.45, 2.75) is 13.0 Å². The van der Waals surface area contributed by atoms with Crippen molar-refractivity contribution in [3.8, 4) is 0 Å². The lowest BCUT2D eigenvalue weighted by Gasteiger charge is -2.20. The van der Waals surface area contributed by atoms with Gasteiger partial charge in [0.05, 0.1) is 0 Å². The maximum atomic E-state index is 10.9. The lowest BCUT2D eigenvalue weighted by Crippen LogP contribution is -2.28. The van der Waals surface area contributed by atoms with Gasteiger partial charge in [-0.2, -0.15) is 0 Å². The Hall–Kier alpha value is -1.85. The van der Waals surface area contributed by atoms with Crippen molar-refractivity contribution in [2.24, 2.45) is 0 Å². The summed E-state index contributed by atoms with van der Waals surface area (Å²) in [6, 6.07) is 7.50. The molecule has 0 aliphatic carbocycles. The van der Waals surface area contributed by atoms with Gasteiger partial charge in [-0.05, 0) is 50.3 Å². The second-order valence-electron chi connectivity index (χ2n) is 5.72. The molecule has 1 aromatic heterocycles.